The number of hydrogen-bond acceptors (Lipinski definition) is 1. The number of rotatable bonds is 31. The molecule has 0 spiro atoms. The first-order valence-electron chi connectivity index (χ1n) is 17.2. The Balaban J connectivity index is 3.86. The summed E-state index contributed by atoms with van der Waals surface area (Å²) in [5, 5.41) is 8.87. The molecule has 1 N–H and O–H groups in total. The largest absolute Gasteiger partial charge is 0.481 e. The van der Waals surface area contributed by atoms with Crippen molar-refractivity contribution in [3.05, 3.63) is 24.3 Å². The summed E-state index contributed by atoms with van der Waals surface area (Å²) < 4.78 is 0. The second kappa shape index (κ2) is 32.2. The van der Waals surface area contributed by atoms with E-state index in [-0.39, 0.29) is 0 Å². The minimum absolute atomic E-state index is 0.331. The van der Waals surface area contributed by atoms with Crippen LogP contribution < -0.4 is 0 Å². The monoisotopic (exact) mass is 533 g/mol. The van der Waals surface area contributed by atoms with Crippen LogP contribution >= 0.6 is 0 Å². The minimum atomic E-state index is -0.650. The lowest BCUT2D eigenvalue weighted by atomic mass is 9.91. The smallest absolute Gasteiger partial charge is 0.303 e. The number of aliphatic carboxylic acids is 1. The molecule has 0 aliphatic rings. The number of carboxylic acids is 1. The molecule has 0 aromatic heterocycles. The molecule has 0 heterocycles. The van der Waals surface area contributed by atoms with Crippen LogP contribution in [-0.2, 0) is 4.79 Å². The molecular formula is C36H68O2. The van der Waals surface area contributed by atoms with Gasteiger partial charge in [0, 0.05) is 6.42 Å². The SMILES string of the molecule is CCCCCCCCC=CCCCCCCCCC(CC=CCCCCCCCC)CCCCCC(=O)O. The van der Waals surface area contributed by atoms with Gasteiger partial charge in [-0.15, -0.1) is 0 Å². The summed E-state index contributed by atoms with van der Waals surface area (Å²) in [5.74, 6) is 0.140. The quantitative estimate of drug-likeness (QED) is 0.0712. The lowest BCUT2D eigenvalue weighted by Gasteiger charge is -2.15. The molecule has 0 radical (unpaired) electrons. The molecule has 1 atom stereocenters. The zero-order valence-electron chi connectivity index (χ0n) is 26.0. The Hall–Kier alpha value is -1.05. The van der Waals surface area contributed by atoms with Crippen LogP contribution in [0.3, 0.4) is 0 Å². The fourth-order valence-electron chi connectivity index (χ4n) is 5.40. The van der Waals surface area contributed by atoms with Crippen molar-refractivity contribution in [2.24, 2.45) is 5.92 Å². The van der Waals surface area contributed by atoms with Gasteiger partial charge in [-0.25, -0.2) is 0 Å². The number of hydrogen-bond donors (Lipinski definition) is 1. The van der Waals surface area contributed by atoms with Crippen LogP contribution in [0.5, 0.6) is 0 Å². The Morgan fingerprint density at radius 2 is 0.868 bits per heavy atom. The highest BCUT2D eigenvalue weighted by atomic mass is 16.4. The minimum Gasteiger partial charge on any atom is -0.481 e. The molecule has 224 valence electrons. The zero-order chi connectivity index (χ0) is 27.8. The van der Waals surface area contributed by atoms with Gasteiger partial charge in [-0.2, -0.15) is 0 Å². The summed E-state index contributed by atoms with van der Waals surface area (Å²) in [6, 6.07) is 0. The van der Waals surface area contributed by atoms with Gasteiger partial charge in [0.1, 0.15) is 0 Å². The Kier molecular flexibility index (Phi) is 31.3. The number of unbranched alkanes of at least 4 members (excludes halogenated alkanes) is 20. The van der Waals surface area contributed by atoms with Crippen LogP contribution in [0.1, 0.15) is 194 Å². The van der Waals surface area contributed by atoms with Crippen molar-refractivity contribution in [2.75, 3.05) is 0 Å². The molecule has 0 bridgehead atoms. The first kappa shape index (κ1) is 37.0. The molecule has 38 heavy (non-hydrogen) atoms. The Morgan fingerprint density at radius 3 is 1.32 bits per heavy atom. The van der Waals surface area contributed by atoms with E-state index in [2.05, 4.69) is 38.2 Å². The van der Waals surface area contributed by atoms with Gasteiger partial charge < -0.3 is 5.11 Å². The van der Waals surface area contributed by atoms with E-state index in [1.54, 1.807) is 0 Å². The predicted molar refractivity (Wildman–Crippen MR) is 170 cm³/mol. The van der Waals surface area contributed by atoms with Crippen molar-refractivity contribution >= 4 is 5.97 Å². The molecular weight excluding hydrogens is 464 g/mol. The standard InChI is InChI=1S/C36H68O2/c1-3-5-7-9-11-13-14-15-16-17-18-19-21-23-25-28-32-35(33-29-26-30-34-36(37)38)31-27-24-22-20-12-10-8-6-4-2/h15-16,24,27,35H,3-14,17-23,25-26,28-34H2,1-2H3,(H,37,38). The van der Waals surface area contributed by atoms with E-state index in [0.29, 0.717) is 6.42 Å². The molecule has 0 rings (SSSR count). The van der Waals surface area contributed by atoms with Gasteiger partial charge in [-0.3, -0.25) is 4.79 Å². The molecule has 0 aromatic rings. The van der Waals surface area contributed by atoms with Crippen LogP contribution in [0.2, 0.25) is 0 Å². The van der Waals surface area contributed by atoms with Gasteiger partial charge >= 0.3 is 5.97 Å². The summed E-state index contributed by atoms with van der Waals surface area (Å²) in [6.45, 7) is 4.57. The second-order valence-corrected chi connectivity index (χ2v) is 11.8. The van der Waals surface area contributed by atoms with Gasteiger partial charge in [0.05, 0.1) is 0 Å². The van der Waals surface area contributed by atoms with E-state index in [1.807, 2.05) is 0 Å². The van der Waals surface area contributed by atoms with Crippen LogP contribution in [0.25, 0.3) is 0 Å². The van der Waals surface area contributed by atoms with Crippen molar-refractivity contribution in [1.82, 2.24) is 0 Å². The fourth-order valence-corrected chi connectivity index (χ4v) is 5.40. The van der Waals surface area contributed by atoms with Crippen LogP contribution in [-0.4, -0.2) is 11.1 Å². The highest BCUT2D eigenvalue weighted by molar-refractivity contribution is 5.66. The van der Waals surface area contributed by atoms with Crippen molar-refractivity contribution in [2.45, 2.75) is 194 Å². The molecule has 0 aromatic carbocycles. The molecule has 0 saturated heterocycles. The molecule has 0 amide bonds. The number of carboxylic acid groups (broad SMARTS) is 1. The summed E-state index contributed by atoms with van der Waals surface area (Å²) in [7, 11) is 0. The highest BCUT2D eigenvalue weighted by Crippen LogP contribution is 2.23. The molecule has 0 aliphatic carbocycles. The average molecular weight is 533 g/mol. The third kappa shape index (κ3) is 31.2. The summed E-state index contributed by atoms with van der Waals surface area (Å²) in [5.41, 5.74) is 0. The van der Waals surface area contributed by atoms with Gasteiger partial charge in [0.25, 0.3) is 0 Å². The molecule has 0 saturated carbocycles. The zero-order valence-corrected chi connectivity index (χ0v) is 26.0. The first-order valence-corrected chi connectivity index (χ1v) is 17.2. The average Bonchev–Trinajstić information content (AvgIpc) is 2.91. The lowest BCUT2D eigenvalue weighted by molar-refractivity contribution is -0.137. The van der Waals surface area contributed by atoms with E-state index in [9.17, 15) is 4.79 Å². The highest BCUT2D eigenvalue weighted by Gasteiger charge is 2.07. The maximum absolute atomic E-state index is 10.8. The van der Waals surface area contributed by atoms with Crippen LogP contribution in [0, 0.1) is 5.92 Å². The van der Waals surface area contributed by atoms with Crippen molar-refractivity contribution in [1.29, 1.82) is 0 Å². The molecule has 0 fully saturated rings. The van der Waals surface area contributed by atoms with Crippen molar-refractivity contribution in [3.63, 3.8) is 0 Å². The lowest BCUT2D eigenvalue weighted by Crippen LogP contribution is -2.01. The van der Waals surface area contributed by atoms with Gasteiger partial charge in [-0.1, -0.05) is 160 Å². The predicted octanol–water partition coefficient (Wildman–Crippen LogP) is 12.8. The maximum Gasteiger partial charge on any atom is 0.303 e. The van der Waals surface area contributed by atoms with E-state index < -0.39 is 5.97 Å². The molecule has 2 heteroatoms. The van der Waals surface area contributed by atoms with E-state index in [1.165, 1.54) is 161 Å². The van der Waals surface area contributed by atoms with E-state index in [0.717, 1.165) is 18.8 Å². The number of carbonyl (C=O) groups is 1. The van der Waals surface area contributed by atoms with Gasteiger partial charge in [0.2, 0.25) is 0 Å². The Bertz CT molecular complexity index is 521. The Labute approximate surface area is 239 Å². The van der Waals surface area contributed by atoms with E-state index in [4.69, 9.17) is 5.11 Å². The van der Waals surface area contributed by atoms with Gasteiger partial charge in [0.15, 0.2) is 0 Å². The maximum atomic E-state index is 10.8. The topological polar surface area (TPSA) is 37.3 Å². The van der Waals surface area contributed by atoms with Crippen LogP contribution in [0.15, 0.2) is 24.3 Å². The summed E-state index contributed by atoms with van der Waals surface area (Å²) in [6.07, 6.45) is 45.7. The first-order chi connectivity index (χ1) is 18.7. The molecule has 2 nitrogen and oxygen atoms in total. The van der Waals surface area contributed by atoms with Crippen LogP contribution in [0.4, 0.5) is 0 Å². The fraction of sp³-hybridized carbons (Fsp3) is 0.861. The van der Waals surface area contributed by atoms with Crippen molar-refractivity contribution < 1.29 is 9.90 Å². The molecule has 0 aliphatic heterocycles. The van der Waals surface area contributed by atoms with Gasteiger partial charge in [-0.05, 0) is 57.3 Å². The summed E-state index contributed by atoms with van der Waals surface area (Å²) in [4.78, 5) is 10.8. The number of allylic oxidation sites excluding steroid dienone is 4. The summed E-state index contributed by atoms with van der Waals surface area (Å²) >= 11 is 0. The Morgan fingerprint density at radius 1 is 0.500 bits per heavy atom. The molecule has 1 unspecified atom stereocenters. The van der Waals surface area contributed by atoms with Crippen molar-refractivity contribution in [3.8, 4) is 0 Å². The third-order valence-electron chi connectivity index (χ3n) is 7.99. The van der Waals surface area contributed by atoms with E-state index >= 15 is 0 Å². The normalized spacial score (nSPS) is 12.7. The second-order valence-electron chi connectivity index (χ2n) is 11.8. The third-order valence-corrected chi connectivity index (χ3v) is 7.99.